The Hall–Kier alpha value is -2.19. The predicted octanol–water partition coefficient (Wildman–Crippen LogP) is 5.43. The molecule has 0 spiro atoms. The zero-order chi connectivity index (χ0) is 16.8. The quantitative estimate of drug-likeness (QED) is 0.619. The molecule has 0 saturated carbocycles. The maximum Gasteiger partial charge on any atom is 0.205 e. The van der Waals surface area contributed by atoms with Gasteiger partial charge in [-0.15, -0.1) is 11.3 Å². The first-order chi connectivity index (χ1) is 11.6. The molecule has 3 nitrogen and oxygen atoms in total. The molecule has 1 aromatic heterocycles. The second-order valence-electron chi connectivity index (χ2n) is 5.38. The molecule has 0 aliphatic carbocycles. The number of nitrogens with zero attached hydrogens (tertiary/aromatic N) is 1. The van der Waals surface area contributed by atoms with Gasteiger partial charge in [0.1, 0.15) is 11.6 Å². The minimum atomic E-state index is -0.360. The molecule has 2 aromatic carbocycles. The summed E-state index contributed by atoms with van der Waals surface area (Å²) in [4.78, 5) is 0.922. The molecule has 0 radical (unpaired) electrons. The summed E-state index contributed by atoms with van der Waals surface area (Å²) in [5, 5.41) is 11.6. The number of rotatable bonds is 1. The first-order valence-corrected chi connectivity index (χ1v) is 8.71. The van der Waals surface area contributed by atoms with Gasteiger partial charge in [0.15, 0.2) is 5.75 Å². The van der Waals surface area contributed by atoms with Crippen molar-refractivity contribution < 1.29 is 4.74 Å². The third kappa shape index (κ3) is 2.25. The Morgan fingerprint density at radius 2 is 1.96 bits per heavy atom. The van der Waals surface area contributed by atoms with Gasteiger partial charge in [0, 0.05) is 20.1 Å². The molecule has 1 unspecified atom stereocenters. The molecule has 2 N–H and O–H groups in total. The van der Waals surface area contributed by atoms with Gasteiger partial charge in [-0.3, -0.25) is 0 Å². The molecule has 4 rings (SSSR count). The third-order valence-electron chi connectivity index (χ3n) is 4.00. The highest BCUT2D eigenvalue weighted by atomic mass is 35.5. The van der Waals surface area contributed by atoms with Crippen molar-refractivity contribution in [2.24, 2.45) is 5.73 Å². The average molecular weight is 373 g/mol. The first-order valence-electron chi connectivity index (χ1n) is 7.14. The summed E-state index contributed by atoms with van der Waals surface area (Å²) in [6, 6.07) is 15.4. The zero-order valence-corrected chi connectivity index (χ0v) is 14.5. The number of benzene rings is 2. The molecular weight excluding hydrogens is 363 g/mol. The zero-order valence-electron chi connectivity index (χ0n) is 12.2. The second-order valence-corrected chi connectivity index (χ2v) is 7.31. The summed E-state index contributed by atoms with van der Waals surface area (Å²) in [6.45, 7) is 0. The monoisotopic (exact) mass is 372 g/mol. The number of thiophene rings is 1. The molecule has 6 heteroatoms. The fourth-order valence-corrected chi connectivity index (χ4v) is 4.71. The molecule has 1 aliphatic rings. The van der Waals surface area contributed by atoms with E-state index in [1.807, 2.05) is 30.3 Å². The normalized spacial score (nSPS) is 16.6. The largest absolute Gasteiger partial charge is 0.439 e. The highest BCUT2D eigenvalue weighted by molar-refractivity contribution is 7.19. The summed E-state index contributed by atoms with van der Waals surface area (Å²) in [7, 11) is 0. The van der Waals surface area contributed by atoms with Crippen molar-refractivity contribution in [3.8, 4) is 11.8 Å². The van der Waals surface area contributed by atoms with E-state index < -0.39 is 0 Å². The number of hydrogen-bond acceptors (Lipinski definition) is 4. The maximum atomic E-state index is 9.61. The molecular formula is C18H10Cl2N2OS. The van der Waals surface area contributed by atoms with Crippen molar-refractivity contribution in [2.45, 2.75) is 5.92 Å². The number of nitrogens with two attached hydrogens (primary N) is 1. The lowest BCUT2D eigenvalue weighted by Crippen LogP contribution is -2.20. The van der Waals surface area contributed by atoms with Crippen LogP contribution in [-0.4, -0.2) is 0 Å². The van der Waals surface area contributed by atoms with Crippen LogP contribution in [0.25, 0.3) is 10.1 Å². The van der Waals surface area contributed by atoms with E-state index in [1.165, 1.54) is 0 Å². The van der Waals surface area contributed by atoms with Crippen molar-refractivity contribution >= 4 is 44.6 Å². The lowest BCUT2D eigenvalue weighted by Gasteiger charge is -2.24. The predicted molar refractivity (Wildman–Crippen MR) is 97.6 cm³/mol. The summed E-state index contributed by atoms with van der Waals surface area (Å²) in [6.07, 6.45) is 0. The van der Waals surface area contributed by atoms with Crippen molar-refractivity contribution in [2.75, 3.05) is 0 Å². The standard InChI is InChI=1S/C18H10Cl2N2OS/c19-9-5-6-10(13(20)7-9)15-12(8-21)18(22)23-16-11-3-1-2-4-14(11)24-17(15)16/h1-7,15H,22H2. The van der Waals surface area contributed by atoms with Crippen molar-refractivity contribution in [3.05, 3.63) is 74.4 Å². The Kier molecular flexibility index (Phi) is 3.65. The van der Waals surface area contributed by atoms with Gasteiger partial charge in [0.2, 0.25) is 5.88 Å². The Labute approximate surface area is 152 Å². The smallest absolute Gasteiger partial charge is 0.205 e. The summed E-state index contributed by atoms with van der Waals surface area (Å²) >= 11 is 14.0. The Morgan fingerprint density at radius 1 is 1.17 bits per heavy atom. The molecule has 0 saturated heterocycles. The van der Waals surface area contributed by atoms with E-state index in [4.69, 9.17) is 33.7 Å². The average Bonchev–Trinajstić information content (AvgIpc) is 2.92. The van der Waals surface area contributed by atoms with Gasteiger partial charge < -0.3 is 10.5 Å². The molecule has 1 atom stereocenters. The van der Waals surface area contributed by atoms with Crippen LogP contribution in [0.5, 0.6) is 5.75 Å². The Balaban J connectivity index is 2.02. The first kappa shape index (κ1) is 15.3. The van der Waals surface area contributed by atoms with E-state index in [-0.39, 0.29) is 11.8 Å². The van der Waals surface area contributed by atoms with Crippen LogP contribution in [0.15, 0.2) is 53.9 Å². The lowest BCUT2D eigenvalue weighted by atomic mass is 9.88. The number of nitriles is 1. The minimum absolute atomic E-state index is 0.115. The molecule has 24 heavy (non-hydrogen) atoms. The van der Waals surface area contributed by atoms with Crippen LogP contribution in [0, 0.1) is 11.3 Å². The SMILES string of the molecule is N#CC1=C(N)Oc2c(sc3ccccc23)C1c1ccc(Cl)cc1Cl. The Bertz CT molecular complexity index is 1050. The van der Waals surface area contributed by atoms with E-state index in [0.29, 0.717) is 21.4 Å². The maximum absolute atomic E-state index is 9.61. The lowest BCUT2D eigenvalue weighted by molar-refractivity contribution is 0.401. The van der Waals surface area contributed by atoms with Crippen LogP contribution in [0.1, 0.15) is 16.4 Å². The van der Waals surface area contributed by atoms with Crippen LogP contribution < -0.4 is 10.5 Å². The Morgan fingerprint density at radius 3 is 2.71 bits per heavy atom. The molecule has 0 bridgehead atoms. The van der Waals surface area contributed by atoms with Gasteiger partial charge in [0.05, 0.1) is 10.8 Å². The van der Waals surface area contributed by atoms with E-state index in [0.717, 1.165) is 20.5 Å². The molecule has 2 heterocycles. The highest BCUT2D eigenvalue weighted by Gasteiger charge is 2.34. The summed E-state index contributed by atoms with van der Waals surface area (Å²) < 4.78 is 6.85. The van der Waals surface area contributed by atoms with E-state index >= 15 is 0 Å². The number of allylic oxidation sites excluding steroid dienone is 1. The van der Waals surface area contributed by atoms with Crippen LogP contribution in [0.3, 0.4) is 0 Å². The van der Waals surface area contributed by atoms with E-state index in [9.17, 15) is 5.26 Å². The number of fused-ring (bicyclic) bond motifs is 3. The van der Waals surface area contributed by atoms with Gasteiger partial charge in [-0.2, -0.15) is 5.26 Å². The molecule has 0 amide bonds. The van der Waals surface area contributed by atoms with E-state index in [2.05, 4.69) is 6.07 Å². The topological polar surface area (TPSA) is 59.0 Å². The van der Waals surface area contributed by atoms with Crippen LogP contribution >= 0.6 is 34.5 Å². The fraction of sp³-hybridized carbons (Fsp3) is 0.0556. The molecule has 3 aromatic rings. The van der Waals surface area contributed by atoms with Crippen molar-refractivity contribution in [1.29, 1.82) is 5.26 Å². The van der Waals surface area contributed by atoms with Gasteiger partial charge in [-0.05, 0) is 29.8 Å². The van der Waals surface area contributed by atoms with Gasteiger partial charge in [-0.1, -0.05) is 41.4 Å². The molecule has 0 fully saturated rings. The second kappa shape index (κ2) is 5.71. The van der Waals surface area contributed by atoms with Gasteiger partial charge in [-0.25, -0.2) is 0 Å². The molecule has 1 aliphatic heterocycles. The summed E-state index contributed by atoms with van der Waals surface area (Å²) in [5.41, 5.74) is 7.18. The van der Waals surface area contributed by atoms with Crippen molar-refractivity contribution in [1.82, 2.24) is 0 Å². The number of ether oxygens (including phenoxy) is 1. The van der Waals surface area contributed by atoms with Crippen LogP contribution in [0.4, 0.5) is 0 Å². The van der Waals surface area contributed by atoms with E-state index in [1.54, 1.807) is 23.5 Å². The number of halogens is 2. The molecule has 118 valence electrons. The minimum Gasteiger partial charge on any atom is -0.439 e. The van der Waals surface area contributed by atoms with Crippen LogP contribution in [0.2, 0.25) is 10.0 Å². The number of hydrogen-bond donors (Lipinski definition) is 1. The summed E-state index contributed by atoms with van der Waals surface area (Å²) in [5.74, 6) is 0.452. The van der Waals surface area contributed by atoms with Gasteiger partial charge in [0.25, 0.3) is 0 Å². The fourth-order valence-electron chi connectivity index (χ4n) is 2.93. The van der Waals surface area contributed by atoms with Gasteiger partial charge >= 0.3 is 0 Å². The van der Waals surface area contributed by atoms with Crippen molar-refractivity contribution in [3.63, 3.8) is 0 Å². The van der Waals surface area contributed by atoms with Crippen LogP contribution in [-0.2, 0) is 0 Å². The highest BCUT2D eigenvalue weighted by Crippen LogP contribution is 2.51. The third-order valence-corrected chi connectivity index (χ3v) is 5.78.